The van der Waals surface area contributed by atoms with Crippen molar-refractivity contribution in [2.75, 3.05) is 0 Å². The monoisotopic (exact) mass is 186 g/mol. The second kappa shape index (κ2) is 2.93. The van der Waals surface area contributed by atoms with Crippen molar-refractivity contribution in [3.05, 3.63) is 23.3 Å². The van der Waals surface area contributed by atoms with E-state index in [2.05, 4.69) is 5.92 Å². The maximum Gasteiger partial charge on any atom is 0.130 e. The van der Waals surface area contributed by atoms with E-state index in [-0.39, 0.29) is 5.92 Å². The Morgan fingerprint density at radius 1 is 1.73 bits per heavy atom. The predicted molar refractivity (Wildman–Crippen MR) is 49.7 cm³/mol. The van der Waals surface area contributed by atoms with Gasteiger partial charge in [0.05, 0.1) is 0 Å². The molecule has 0 saturated heterocycles. The molecule has 2 unspecified atom stereocenters. The van der Waals surface area contributed by atoms with Crippen molar-refractivity contribution in [2.24, 2.45) is 5.92 Å². The van der Waals surface area contributed by atoms with E-state index < -0.39 is 4.87 Å². The largest absolute Gasteiger partial charge is 0.130 e. The summed E-state index contributed by atoms with van der Waals surface area (Å²) in [4.78, 5) is -0.730. The van der Waals surface area contributed by atoms with Crippen molar-refractivity contribution in [1.82, 2.24) is 0 Å². The highest BCUT2D eigenvalue weighted by atomic mass is 35.5. The summed E-state index contributed by atoms with van der Waals surface area (Å²) in [6.07, 6.45) is 10.7. The van der Waals surface area contributed by atoms with Crippen LogP contribution in [0.3, 0.4) is 0 Å². The molecule has 0 nitrogen and oxygen atoms in total. The Labute approximate surface area is 76.9 Å². The second-order valence-corrected chi connectivity index (χ2v) is 3.65. The summed E-state index contributed by atoms with van der Waals surface area (Å²) < 4.78 is 0. The molecule has 0 fully saturated rings. The molecule has 0 aromatic carbocycles. The van der Waals surface area contributed by atoms with E-state index >= 15 is 0 Å². The molecular weight excluding hydrogens is 179 g/mol. The normalized spacial score (nSPS) is 36.2. The fourth-order valence-corrected chi connectivity index (χ4v) is 1.42. The molecule has 0 radical (unpaired) electrons. The lowest BCUT2D eigenvalue weighted by Gasteiger charge is -2.25. The quantitative estimate of drug-likeness (QED) is 0.404. The van der Waals surface area contributed by atoms with E-state index in [1.54, 1.807) is 6.08 Å². The number of rotatable bonds is 0. The Morgan fingerprint density at radius 2 is 2.36 bits per heavy atom. The molecule has 2 atom stereocenters. The van der Waals surface area contributed by atoms with Crippen LogP contribution in [0.2, 0.25) is 0 Å². The minimum Gasteiger partial charge on any atom is -0.118 e. The molecule has 0 bridgehead atoms. The Hall–Kier alpha value is -0.380. The third-order valence-electron chi connectivity index (χ3n) is 1.78. The van der Waals surface area contributed by atoms with Crippen LogP contribution in [0, 0.1) is 18.3 Å². The van der Waals surface area contributed by atoms with Crippen molar-refractivity contribution in [3.63, 3.8) is 0 Å². The first kappa shape index (κ1) is 8.71. The predicted octanol–water partition coefficient (Wildman–Crippen LogP) is 2.93. The summed E-state index contributed by atoms with van der Waals surface area (Å²) >= 11 is 11.8. The number of halogens is 2. The van der Waals surface area contributed by atoms with Gasteiger partial charge in [0.25, 0.3) is 0 Å². The Kier molecular flexibility index (Phi) is 2.32. The molecule has 0 aliphatic heterocycles. The first-order valence-electron chi connectivity index (χ1n) is 3.32. The zero-order valence-electron chi connectivity index (χ0n) is 6.14. The average molecular weight is 187 g/mol. The SMILES string of the molecule is C#CC1(Cl)C=C(Cl)C=CC1C. The van der Waals surface area contributed by atoms with Gasteiger partial charge in [0.15, 0.2) is 0 Å². The highest BCUT2D eigenvalue weighted by Crippen LogP contribution is 2.33. The van der Waals surface area contributed by atoms with Crippen LogP contribution in [0.25, 0.3) is 0 Å². The van der Waals surface area contributed by atoms with Gasteiger partial charge < -0.3 is 0 Å². The summed E-state index contributed by atoms with van der Waals surface area (Å²) in [7, 11) is 0. The second-order valence-electron chi connectivity index (χ2n) is 2.59. The van der Waals surface area contributed by atoms with Crippen molar-refractivity contribution >= 4 is 23.2 Å². The van der Waals surface area contributed by atoms with Crippen LogP contribution in [-0.4, -0.2) is 4.87 Å². The minimum absolute atomic E-state index is 0.136. The summed E-state index contributed by atoms with van der Waals surface area (Å²) in [6.45, 7) is 1.96. The van der Waals surface area contributed by atoms with Crippen LogP contribution < -0.4 is 0 Å². The number of allylic oxidation sites excluding steroid dienone is 4. The topological polar surface area (TPSA) is 0 Å². The van der Waals surface area contributed by atoms with E-state index in [1.165, 1.54) is 0 Å². The van der Waals surface area contributed by atoms with Gasteiger partial charge in [0.1, 0.15) is 4.87 Å². The maximum absolute atomic E-state index is 6.06. The summed E-state index contributed by atoms with van der Waals surface area (Å²) in [5, 5.41) is 0.607. The summed E-state index contributed by atoms with van der Waals surface area (Å²) in [6, 6.07) is 0. The fourth-order valence-electron chi connectivity index (χ4n) is 0.930. The standard InChI is InChI=1S/C9H8Cl2/c1-3-9(11)6-8(10)5-4-7(9)2/h1,4-7H,2H3. The highest BCUT2D eigenvalue weighted by molar-refractivity contribution is 6.34. The molecule has 58 valence electrons. The van der Waals surface area contributed by atoms with Gasteiger partial charge in [-0.05, 0) is 12.2 Å². The molecule has 0 N–H and O–H groups in total. The van der Waals surface area contributed by atoms with Gasteiger partial charge in [-0.2, -0.15) is 0 Å². The van der Waals surface area contributed by atoms with Gasteiger partial charge in [-0.15, -0.1) is 6.42 Å². The molecule has 0 amide bonds. The van der Waals surface area contributed by atoms with E-state index in [4.69, 9.17) is 29.6 Å². The van der Waals surface area contributed by atoms with Gasteiger partial charge in [-0.3, -0.25) is 0 Å². The van der Waals surface area contributed by atoms with Gasteiger partial charge in [-0.1, -0.05) is 42.1 Å². The van der Waals surface area contributed by atoms with Crippen molar-refractivity contribution in [2.45, 2.75) is 11.8 Å². The Balaban J connectivity index is 3.01. The van der Waals surface area contributed by atoms with Crippen LogP contribution >= 0.6 is 23.2 Å². The third kappa shape index (κ3) is 1.61. The fraction of sp³-hybridized carbons (Fsp3) is 0.333. The van der Waals surface area contributed by atoms with Crippen molar-refractivity contribution in [3.8, 4) is 12.3 Å². The molecule has 0 heterocycles. The first-order valence-corrected chi connectivity index (χ1v) is 4.07. The zero-order valence-corrected chi connectivity index (χ0v) is 7.65. The number of hydrogen-bond donors (Lipinski definition) is 0. The van der Waals surface area contributed by atoms with E-state index in [9.17, 15) is 0 Å². The van der Waals surface area contributed by atoms with Gasteiger partial charge in [-0.25, -0.2) is 0 Å². The number of alkyl halides is 1. The smallest absolute Gasteiger partial charge is 0.118 e. The third-order valence-corrected chi connectivity index (χ3v) is 2.57. The van der Waals surface area contributed by atoms with Gasteiger partial charge >= 0.3 is 0 Å². The van der Waals surface area contributed by atoms with Gasteiger partial charge in [0.2, 0.25) is 0 Å². The first-order chi connectivity index (χ1) is 5.08. The number of terminal acetylenes is 1. The van der Waals surface area contributed by atoms with Crippen LogP contribution in [0.4, 0.5) is 0 Å². The lowest BCUT2D eigenvalue weighted by atomic mass is 9.90. The molecule has 1 aliphatic rings. The molecule has 0 saturated carbocycles. The summed E-state index contributed by atoms with van der Waals surface area (Å²) in [5.41, 5.74) is 0. The van der Waals surface area contributed by atoms with E-state index in [0.717, 1.165) is 0 Å². The summed E-state index contributed by atoms with van der Waals surface area (Å²) in [5.74, 6) is 2.65. The molecule has 1 rings (SSSR count). The van der Waals surface area contributed by atoms with Crippen LogP contribution in [-0.2, 0) is 0 Å². The van der Waals surface area contributed by atoms with Crippen LogP contribution in [0.5, 0.6) is 0 Å². The van der Waals surface area contributed by atoms with Crippen molar-refractivity contribution in [1.29, 1.82) is 0 Å². The lowest BCUT2D eigenvalue weighted by Crippen LogP contribution is -2.26. The van der Waals surface area contributed by atoms with Gasteiger partial charge in [0, 0.05) is 11.0 Å². The van der Waals surface area contributed by atoms with Crippen molar-refractivity contribution < 1.29 is 0 Å². The molecule has 0 aromatic rings. The average Bonchev–Trinajstić information content (AvgIpc) is 1.98. The molecule has 0 aromatic heterocycles. The molecule has 0 spiro atoms. The Morgan fingerprint density at radius 3 is 2.82 bits per heavy atom. The highest BCUT2D eigenvalue weighted by Gasteiger charge is 2.30. The van der Waals surface area contributed by atoms with Crippen LogP contribution in [0.15, 0.2) is 23.3 Å². The lowest BCUT2D eigenvalue weighted by molar-refractivity contribution is 0.655. The number of hydrogen-bond acceptors (Lipinski definition) is 0. The van der Waals surface area contributed by atoms with E-state index in [0.29, 0.717) is 5.03 Å². The minimum atomic E-state index is -0.730. The maximum atomic E-state index is 6.06. The Bertz CT molecular complexity index is 257. The zero-order chi connectivity index (χ0) is 8.48. The van der Waals surface area contributed by atoms with Crippen LogP contribution in [0.1, 0.15) is 6.92 Å². The molecular formula is C9H8Cl2. The molecule has 2 heteroatoms. The van der Waals surface area contributed by atoms with E-state index in [1.807, 2.05) is 19.1 Å². The molecule has 1 aliphatic carbocycles. The molecule has 11 heavy (non-hydrogen) atoms.